The maximum Gasteiger partial charge on any atom is 0.191 e. The summed E-state index contributed by atoms with van der Waals surface area (Å²) in [6.45, 7) is 5.97. The Labute approximate surface area is 185 Å². The second-order valence-corrected chi connectivity index (χ2v) is 8.94. The lowest BCUT2D eigenvalue weighted by Gasteiger charge is -2.17. The van der Waals surface area contributed by atoms with Gasteiger partial charge in [-0.05, 0) is 37.5 Å². The summed E-state index contributed by atoms with van der Waals surface area (Å²) in [6.07, 6.45) is 5.52. The third kappa shape index (κ3) is 9.54. The standard InChI is InChI=1S/C19H29N5O2S.HI/c1-4-20-19(23-16(2)9-12-27(3,25)26)21-14-17-7-5-8-18(13-17)15-24-11-6-10-22-24;/h5-8,10-11,13,16H,4,9,12,14-15H2,1-3H3,(H2,20,21,23);1H. The summed E-state index contributed by atoms with van der Waals surface area (Å²) in [6, 6.07) is 10.2. The Bertz CT molecular complexity index is 838. The number of hydrogen-bond donors (Lipinski definition) is 2. The van der Waals surface area contributed by atoms with Crippen LogP contribution in [0.3, 0.4) is 0 Å². The molecule has 0 aliphatic carbocycles. The lowest BCUT2D eigenvalue weighted by atomic mass is 10.1. The van der Waals surface area contributed by atoms with Crippen molar-refractivity contribution in [1.29, 1.82) is 0 Å². The smallest absolute Gasteiger partial charge is 0.191 e. The first-order valence-corrected chi connectivity index (χ1v) is 11.2. The summed E-state index contributed by atoms with van der Waals surface area (Å²) in [5.41, 5.74) is 2.28. The molecule has 0 amide bonds. The molecule has 2 rings (SSSR count). The summed E-state index contributed by atoms with van der Waals surface area (Å²) >= 11 is 0. The number of aliphatic imine (C=N–C) groups is 1. The van der Waals surface area contributed by atoms with Crippen LogP contribution in [0, 0.1) is 0 Å². The van der Waals surface area contributed by atoms with E-state index in [-0.39, 0.29) is 35.8 Å². The highest BCUT2D eigenvalue weighted by Gasteiger charge is 2.09. The lowest BCUT2D eigenvalue weighted by Crippen LogP contribution is -2.42. The molecule has 0 radical (unpaired) electrons. The first-order chi connectivity index (χ1) is 12.9. The molecule has 1 atom stereocenters. The molecular formula is C19H30IN5O2S. The van der Waals surface area contributed by atoms with Gasteiger partial charge in [0.2, 0.25) is 0 Å². The van der Waals surface area contributed by atoms with E-state index in [2.05, 4.69) is 32.9 Å². The Morgan fingerprint density at radius 2 is 2.04 bits per heavy atom. The molecule has 0 aliphatic heterocycles. The molecule has 28 heavy (non-hydrogen) atoms. The first-order valence-electron chi connectivity index (χ1n) is 9.13. The van der Waals surface area contributed by atoms with E-state index < -0.39 is 9.84 Å². The Morgan fingerprint density at radius 1 is 1.29 bits per heavy atom. The van der Waals surface area contributed by atoms with Crippen LogP contribution in [-0.4, -0.2) is 48.8 Å². The Kier molecular flexibility index (Phi) is 10.5. The number of nitrogens with zero attached hydrogens (tertiary/aromatic N) is 3. The van der Waals surface area contributed by atoms with Gasteiger partial charge in [-0.3, -0.25) is 4.68 Å². The molecule has 1 heterocycles. The van der Waals surface area contributed by atoms with Crippen LogP contribution in [-0.2, 0) is 22.9 Å². The van der Waals surface area contributed by atoms with E-state index in [9.17, 15) is 8.42 Å². The summed E-state index contributed by atoms with van der Waals surface area (Å²) in [7, 11) is -2.96. The molecule has 0 aliphatic rings. The van der Waals surface area contributed by atoms with Gasteiger partial charge in [-0.15, -0.1) is 24.0 Å². The molecule has 1 aromatic heterocycles. The number of halogens is 1. The van der Waals surface area contributed by atoms with Crippen molar-refractivity contribution in [2.24, 2.45) is 4.99 Å². The zero-order valence-corrected chi connectivity index (χ0v) is 19.8. The van der Waals surface area contributed by atoms with Crippen molar-refractivity contribution in [1.82, 2.24) is 20.4 Å². The van der Waals surface area contributed by atoms with Gasteiger partial charge in [0.05, 0.1) is 18.8 Å². The molecule has 2 aromatic rings. The van der Waals surface area contributed by atoms with Gasteiger partial charge in [0.25, 0.3) is 0 Å². The van der Waals surface area contributed by atoms with Gasteiger partial charge in [0, 0.05) is 31.2 Å². The van der Waals surface area contributed by atoms with Crippen LogP contribution in [0.4, 0.5) is 0 Å². The molecule has 0 saturated carbocycles. The second kappa shape index (κ2) is 12.1. The third-order valence-electron chi connectivity index (χ3n) is 3.96. The van der Waals surface area contributed by atoms with Crippen molar-refractivity contribution in [3.8, 4) is 0 Å². The third-order valence-corrected chi connectivity index (χ3v) is 4.94. The second-order valence-electron chi connectivity index (χ2n) is 6.68. The number of benzene rings is 1. The summed E-state index contributed by atoms with van der Waals surface area (Å²) < 4.78 is 24.5. The van der Waals surface area contributed by atoms with Crippen molar-refractivity contribution in [2.45, 2.75) is 39.4 Å². The van der Waals surface area contributed by atoms with E-state index in [1.807, 2.05) is 42.9 Å². The number of aromatic nitrogens is 2. The van der Waals surface area contributed by atoms with Gasteiger partial charge in [-0.25, -0.2) is 13.4 Å². The van der Waals surface area contributed by atoms with Gasteiger partial charge in [-0.2, -0.15) is 5.10 Å². The lowest BCUT2D eigenvalue weighted by molar-refractivity contribution is 0.581. The highest BCUT2D eigenvalue weighted by atomic mass is 127. The topological polar surface area (TPSA) is 88.4 Å². The molecular weight excluding hydrogens is 489 g/mol. The summed E-state index contributed by atoms with van der Waals surface area (Å²) in [4.78, 5) is 4.63. The minimum absolute atomic E-state index is 0. The molecule has 1 unspecified atom stereocenters. The van der Waals surface area contributed by atoms with Crippen molar-refractivity contribution < 1.29 is 8.42 Å². The molecule has 0 saturated heterocycles. The van der Waals surface area contributed by atoms with Crippen LogP contribution in [0.25, 0.3) is 0 Å². The minimum atomic E-state index is -2.96. The SMILES string of the molecule is CCNC(=NCc1cccc(Cn2cccn2)c1)NC(C)CCS(C)(=O)=O.I. The van der Waals surface area contributed by atoms with E-state index in [1.165, 1.54) is 11.8 Å². The van der Waals surface area contributed by atoms with Crippen LogP contribution in [0.1, 0.15) is 31.4 Å². The van der Waals surface area contributed by atoms with Crippen LogP contribution in [0.2, 0.25) is 0 Å². The zero-order valence-electron chi connectivity index (χ0n) is 16.6. The Balaban J connectivity index is 0.00000392. The van der Waals surface area contributed by atoms with Gasteiger partial charge in [0.1, 0.15) is 9.84 Å². The molecule has 0 spiro atoms. The molecule has 7 nitrogen and oxygen atoms in total. The Morgan fingerprint density at radius 3 is 2.68 bits per heavy atom. The fourth-order valence-corrected chi connectivity index (χ4v) is 3.38. The Hall–Kier alpha value is -1.62. The van der Waals surface area contributed by atoms with E-state index in [0.717, 1.165) is 18.7 Å². The van der Waals surface area contributed by atoms with Gasteiger partial charge in [0.15, 0.2) is 5.96 Å². The number of guanidine groups is 1. The van der Waals surface area contributed by atoms with Crippen molar-refractivity contribution in [3.63, 3.8) is 0 Å². The monoisotopic (exact) mass is 519 g/mol. The predicted octanol–water partition coefficient (Wildman–Crippen LogP) is 2.43. The van der Waals surface area contributed by atoms with Gasteiger partial charge in [-0.1, -0.05) is 24.3 Å². The van der Waals surface area contributed by atoms with Crippen LogP contribution >= 0.6 is 24.0 Å². The van der Waals surface area contributed by atoms with E-state index in [4.69, 9.17) is 0 Å². The van der Waals surface area contributed by atoms with E-state index >= 15 is 0 Å². The van der Waals surface area contributed by atoms with Crippen molar-refractivity contribution in [2.75, 3.05) is 18.6 Å². The first kappa shape index (κ1) is 24.4. The van der Waals surface area contributed by atoms with Gasteiger partial charge >= 0.3 is 0 Å². The van der Waals surface area contributed by atoms with E-state index in [1.54, 1.807) is 6.20 Å². The van der Waals surface area contributed by atoms with E-state index in [0.29, 0.717) is 18.9 Å². The van der Waals surface area contributed by atoms with Crippen LogP contribution in [0.15, 0.2) is 47.7 Å². The molecule has 9 heteroatoms. The average molecular weight is 519 g/mol. The normalized spacial score (nSPS) is 12.9. The fourth-order valence-electron chi connectivity index (χ4n) is 2.59. The van der Waals surface area contributed by atoms with Crippen LogP contribution < -0.4 is 10.6 Å². The number of sulfone groups is 1. The quantitative estimate of drug-likeness (QED) is 0.302. The van der Waals surface area contributed by atoms with Crippen molar-refractivity contribution in [3.05, 3.63) is 53.9 Å². The van der Waals surface area contributed by atoms with Crippen molar-refractivity contribution >= 4 is 39.8 Å². The number of rotatable bonds is 9. The maximum absolute atomic E-state index is 11.3. The maximum atomic E-state index is 11.3. The molecule has 0 bridgehead atoms. The molecule has 156 valence electrons. The molecule has 1 aromatic carbocycles. The molecule has 2 N–H and O–H groups in total. The number of nitrogens with one attached hydrogen (secondary N) is 2. The predicted molar refractivity (Wildman–Crippen MR) is 125 cm³/mol. The zero-order chi connectivity index (χ0) is 19.7. The number of hydrogen-bond acceptors (Lipinski definition) is 4. The fraction of sp³-hybridized carbons (Fsp3) is 0.474. The van der Waals surface area contributed by atoms with Gasteiger partial charge < -0.3 is 10.6 Å². The van der Waals surface area contributed by atoms with Crippen LogP contribution in [0.5, 0.6) is 0 Å². The summed E-state index contributed by atoms with van der Waals surface area (Å²) in [5.74, 6) is 0.853. The average Bonchev–Trinajstić information content (AvgIpc) is 3.11. The minimum Gasteiger partial charge on any atom is -0.357 e. The highest BCUT2D eigenvalue weighted by Crippen LogP contribution is 2.08. The largest absolute Gasteiger partial charge is 0.357 e. The molecule has 0 fully saturated rings. The highest BCUT2D eigenvalue weighted by molar-refractivity contribution is 14.0. The summed E-state index contributed by atoms with van der Waals surface area (Å²) in [5, 5.41) is 10.7.